The van der Waals surface area contributed by atoms with Crippen molar-refractivity contribution in [2.24, 2.45) is 0 Å². The molecule has 2 atom stereocenters. The fraction of sp³-hybridized carbons (Fsp3) is 0.526. The van der Waals surface area contributed by atoms with E-state index in [0.29, 0.717) is 6.04 Å². The molecule has 1 fully saturated rings. The second-order valence-corrected chi connectivity index (χ2v) is 7.20. The van der Waals surface area contributed by atoms with E-state index in [-0.39, 0.29) is 11.6 Å². The van der Waals surface area contributed by atoms with Crippen molar-refractivity contribution in [3.63, 3.8) is 0 Å². The van der Waals surface area contributed by atoms with Gasteiger partial charge in [0.05, 0.1) is 0 Å². The molecule has 2 heterocycles. The van der Waals surface area contributed by atoms with E-state index in [0.717, 1.165) is 24.2 Å². The summed E-state index contributed by atoms with van der Waals surface area (Å²) in [5.41, 5.74) is 0.185. The third kappa shape index (κ3) is 2.95. The predicted octanol–water partition coefficient (Wildman–Crippen LogP) is 4.27. The van der Waals surface area contributed by atoms with Crippen LogP contribution in [0.2, 0.25) is 0 Å². The summed E-state index contributed by atoms with van der Waals surface area (Å²) < 4.78 is 6.29. The molecule has 0 bridgehead atoms. The van der Waals surface area contributed by atoms with Gasteiger partial charge < -0.3 is 4.74 Å². The first-order valence-corrected chi connectivity index (χ1v) is 8.26. The molecule has 2 unspecified atom stereocenters. The normalized spacial score (nSPS) is 23.1. The van der Waals surface area contributed by atoms with Crippen molar-refractivity contribution in [2.45, 2.75) is 58.2 Å². The standard InChI is InChI=1S/C19H26N2O/c1-5-15-12-16(13-21(15)19(2,3)4)22-18-17-9-7-6-8-14(17)10-11-20-18/h6-11,15-16H,5,12-13H2,1-4H3. The first-order chi connectivity index (χ1) is 10.5. The molecule has 1 aromatic carbocycles. The van der Waals surface area contributed by atoms with Gasteiger partial charge >= 0.3 is 0 Å². The molecule has 118 valence electrons. The van der Waals surface area contributed by atoms with Crippen molar-refractivity contribution < 1.29 is 4.74 Å². The molecule has 0 aliphatic carbocycles. The van der Waals surface area contributed by atoms with Crippen LogP contribution in [0.3, 0.4) is 0 Å². The number of nitrogens with zero attached hydrogens (tertiary/aromatic N) is 2. The summed E-state index contributed by atoms with van der Waals surface area (Å²) in [6, 6.07) is 10.9. The molecular formula is C19H26N2O. The van der Waals surface area contributed by atoms with Crippen LogP contribution in [0.4, 0.5) is 0 Å². The second-order valence-electron chi connectivity index (χ2n) is 7.20. The SMILES string of the molecule is CCC1CC(Oc2nccc3ccccc23)CN1C(C)(C)C. The minimum Gasteiger partial charge on any atom is -0.472 e. The fourth-order valence-corrected chi connectivity index (χ4v) is 3.51. The van der Waals surface area contributed by atoms with Crippen molar-refractivity contribution in [1.82, 2.24) is 9.88 Å². The van der Waals surface area contributed by atoms with Crippen LogP contribution in [0.25, 0.3) is 10.8 Å². The highest BCUT2D eigenvalue weighted by molar-refractivity contribution is 5.86. The van der Waals surface area contributed by atoms with Gasteiger partial charge in [0.25, 0.3) is 0 Å². The Kier molecular flexibility index (Phi) is 4.09. The molecule has 3 nitrogen and oxygen atoms in total. The van der Waals surface area contributed by atoms with E-state index in [9.17, 15) is 0 Å². The smallest absolute Gasteiger partial charge is 0.221 e. The Hall–Kier alpha value is -1.61. The van der Waals surface area contributed by atoms with E-state index in [4.69, 9.17) is 4.74 Å². The number of fused-ring (bicyclic) bond motifs is 1. The zero-order valence-electron chi connectivity index (χ0n) is 14.0. The molecule has 0 N–H and O–H groups in total. The lowest BCUT2D eigenvalue weighted by atomic mass is 10.0. The highest BCUT2D eigenvalue weighted by atomic mass is 16.5. The van der Waals surface area contributed by atoms with Gasteiger partial charge in [-0.2, -0.15) is 0 Å². The van der Waals surface area contributed by atoms with Gasteiger partial charge in [-0.1, -0.05) is 25.1 Å². The highest BCUT2D eigenvalue weighted by Crippen LogP contribution is 2.32. The van der Waals surface area contributed by atoms with Gasteiger partial charge in [0, 0.05) is 36.1 Å². The first-order valence-electron chi connectivity index (χ1n) is 8.26. The molecule has 2 aromatic rings. The zero-order chi connectivity index (χ0) is 15.7. The summed E-state index contributed by atoms with van der Waals surface area (Å²) >= 11 is 0. The van der Waals surface area contributed by atoms with E-state index in [1.807, 2.05) is 18.3 Å². The summed E-state index contributed by atoms with van der Waals surface area (Å²) in [7, 11) is 0. The summed E-state index contributed by atoms with van der Waals surface area (Å²) in [5, 5.41) is 2.29. The third-order valence-electron chi connectivity index (χ3n) is 4.62. The maximum absolute atomic E-state index is 6.29. The van der Waals surface area contributed by atoms with Crippen LogP contribution in [-0.2, 0) is 0 Å². The number of pyridine rings is 1. The van der Waals surface area contributed by atoms with Crippen LogP contribution in [0.1, 0.15) is 40.5 Å². The van der Waals surface area contributed by atoms with Gasteiger partial charge in [0.2, 0.25) is 5.88 Å². The Labute approximate surface area is 133 Å². The Bertz CT molecular complexity index is 642. The van der Waals surface area contributed by atoms with E-state index in [2.05, 4.69) is 55.8 Å². The lowest BCUT2D eigenvalue weighted by Gasteiger charge is -2.36. The molecule has 1 aliphatic heterocycles. The molecule has 22 heavy (non-hydrogen) atoms. The monoisotopic (exact) mass is 298 g/mol. The Morgan fingerprint density at radius 1 is 1.23 bits per heavy atom. The largest absolute Gasteiger partial charge is 0.472 e. The number of aromatic nitrogens is 1. The summed E-state index contributed by atoms with van der Waals surface area (Å²) in [6.45, 7) is 10.1. The number of rotatable bonds is 3. The van der Waals surface area contributed by atoms with Crippen molar-refractivity contribution in [2.75, 3.05) is 6.54 Å². The Morgan fingerprint density at radius 2 is 2.00 bits per heavy atom. The Morgan fingerprint density at radius 3 is 2.68 bits per heavy atom. The van der Waals surface area contributed by atoms with Crippen LogP contribution in [0, 0.1) is 0 Å². The quantitative estimate of drug-likeness (QED) is 0.846. The van der Waals surface area contributed by atoms with Crippen LogP contribution in [0.15, 0.2) is 36.5 Å². The molecule has 3 heteroatoms. The molecule has 1 saturated heterocycles. The van der Waals surface area contributed by atoms with Gasteiger partial charge in [-0.05, 0) is 44.7 Å². The first kappa shape index (κ1) is 15.3. The van der Waals surface area contributed by atoms with Gasteiger partial charge in [0.1, 0.15) is 6.10 Å². The van der Waals surface area contributed by atoms with Crippen LogP contribution in [-0.4, -0.2) is 34.1 Å². The van der Waals surface area contributed by atoms with Crippen LogP contribution < -0.4 is 4.74 Å². The molecule has 0 radical (unpaired) electrons. The highest BCUT2D eigenvalue weighted by Gasteiger charge is 2.38. The third-order valence-corrected chi connectivity index (χ3v) is 4.62. The maximum Gasteiger partial charge on any atom is 0.221 e. The van der Waals surface area contributed by atoms with Gasteiger partial charge in [-0.25, -0.2) is 4.98 Å². The van der Waals surface area contributed by atoms with Crippen LogP contribution in [0.5, 0.6) is 5.88 Å². The van der Waals surface area contributed by atoms with Crippen molar-refractivity contribution in [3.05, 3.63) is 36.5 Å². The Balaban J connectivity index is 1.81. The predicted molar refractivity (Wildman–Crippen MR) is 91.3 cm³/mol. The summed E-state index contributed by atoms with van der Waals surface area (Å²) in [5.74, 6) is 0.772. The van der Waals surface area contributed by atoms with Crippen molar-refractivity contribution >= 4 is 10.8 Å². The van der Waals surface area contributed by atoms with Gasteiger partial charge in [-0.15, -0.1) is 0 Å². The van der Waals surface area contributed by atoms with E-state index in [1.165, 1.54) is 11.8 Å². The topological polar surface area (TPSA) is 25.4 Å². The maximum atomic E-state index is 6.29. The lowest BCUT2D eigenvalue weighted by molar-refractivity contribution is 0.106. The average Bonchev–Trinajstić information content (AvgIpc) is 2.91. The zero-order valence-corrected chi connectivity index (χ0v) is 14.0. The van der Waals surface area contributed by atoms with Crippen molar-refractivity contribution in [3.8, 4) is 5.88 Å². The minimum absolute atomic E-state index is 0.185. The summed E-state index contributed by atoms with van der Waals surface area (Å²) in [6.07, 6.45) is 4.31. The molecule has 1 aromatic heterocycles. The molecule has 1 aliphatic rings. The van der Waals surface area contributed by atoms with Crippen molar-refractivity contribution in [1.29, 1.82) is 0 Å². The second kappa shape index (κ2) is 5.88. The van der Waals surface area contributed by atoms with Crippen LogP contribution >= 0.6 is 0 Å². The number of benzene rings is 1. The van der Waals surface area contributed by atoms with E-state index >= 15 is 0 Å². The minimum atomic E-state index is 0.185. The van der Waals surface area contributed by atoms with E-state index in [1.54, 1.807) is 0 Å². The van der Waals surface area contributed by atoms with Gasteiger partial charge in [0.15, 0.2) is 0 Å². The number of hydrogen-bond donors (Lipinski definition) is 0. The number of ether oxygens (including phenoxy) is 1. The number of likely N-dealkylation sites (tertiary alicyclic amines) is 1. The molecule has 0 saturated carbocycles. The molecule has 0 amide bonds. The summed E-state index contributed by atoms with van der Waals surface area (Å²) in [4.78, 5) is 7.04. The number of hydrogen-bond acceptors (Lipinski definition) is 3. The van der Waals surface area contributed by atoms with Gasteiger partial charge in [-0.3, -0.25) is 4.90 Å². The lowest BCUT2D eigenvalue weighted by Crippen LogP contribution is -2.44. The van der Waals surface area contributed by atoms with E-state index < -0.39 is 0 Å². The average molecular weight is 298 g/mol. The fourth-order valence-electron chi connectivity index (χ4n) is 3.51. The molecule has 3 rings (SSSR count). The molecule has 0 spiro atoms. The molecular weight excluding hydrogens is 272 g/mol.